The van der Waals surface area contributed by atoms with Crippen molar-refractivity contribution < 1.29 is 14.3 Å². The summed E-state index contributed by atoms with van der Waals surface area (Å²) in [5, 5.41) is 9.44. The molecule has 1 N–H and O–H groups in total. The van der Waals surface area contributed by atoms with Crippen molar-refractivity contribution in [2.45, 2.75) is 19.8 Å². The second-order valence-corrected chi connectivity index (χ2v) is 4.09. The van der Waals surface area contributed by atoms with Gasteiger partial charge in [-0.1, -0.05) is 26.0 Å². The van der Waals surface area contributed by atoms with Crippen LogP contribution in [0.1, 0.15) is 36.2 Å². The molecule has 1 heterocycles. The molecular formula is C13H13NO3. The van der Waals surface area contributed by atoms with Crippen LogP contribution in [0.2, 0.25) is 0 Å². The third-order valence-electron chi connectivity index (χ3n) is 2.41. The van der Waals surface area contributed by atoms with Gasteiger partial charge in [0, 0.05) is 11.5 Å². The smallest absolute Gasteiger partial charge is 0.260 e. The minimum absolute atomic E-state index is 0.0621. The van der Waals surface area contributed by atoms with Gasteiger partial charge in [-0.15, -0.1) is 0 Å². The van der Waals surface area contributed by atoms with Crippen molar-refractivity contribution in [3.8, 4) is 17.0 Å². The van der Waals surface area contributed by atoms with Crippen LogP contribution in [0.3, 0.4) is 0 Å². The molecule has 0 saturated heterocycles. The van der Waals surface area contributed by atoms with Gasteiger partial charge < -0.3 is 9.52 Å². The fraction of sp³-hybridized carbons (Fsp3) is 0.231. The Hall–Kier alpha value is -2.10. The largest absolute Gasteiger partial charge is 0.508 e. The second-order valence-electron chi connectivity index (χ2n) is 4.09. The Balaban J connectivity index is 2.57. The number of phenols is 1. The molecule has 88 valence electrons. The number of oxazole rings is 1. The molecular weight excluding hydrogens is 218 g/mol. The van der Waals surface area contributed by atoms with Gasteiger partial charge in [-0.05, 0) is 12.1 Å². The van der Waals surface area contributed by atoms with Gasteiger partial charge in [-0.25, -0.2) is 4.98 Å². The Bertz CT molecular complexity index is 543. The first-order valence-corrected chi connectivity index (χ1v) is 5.37. The minimum atomic E-state index is 0.0621. The molecule has 1 aromatic carbocycles. The highest BCUT2D eigenvalue weighted by molar-refractivity contribution is 5.72. The van der Waals surface area contributed by atoms with Crippen molar-refractivity contribution in [3.05, 3.63) is 35.9 Å². The number of aromatic nitrogens is 1. The number of phenolic OH excluding ortho intramolecular Hbond substituents is 1. The number of hydrogen-bond donors (Lipinski definition) is 1. The molecule has 2 aromatic rings. The number of rotatable bonds is 3. The fourth-order valence-corrected chi connectivity index (χ4v) is 1.65. The molecule has 17 heavy (non-hydrogen) atoms. The van der Waals surface area contributed by atoms with E-state index in [-0.39, 0.29) is 17.6 Å². The van der Waals surface area contributed by atoms with E-state index >= 15 is 0 Å². The quantitative estimate of drug-likeness (QED) is 0.825. The lowest BCUT2D eigenvalue weighted by Crippen LogP contribution is -1.88. The molecule has 0 amide bonds. The van der Waals surface area contributed by atoms with Crippen LogP contribution in [0.4, 0.5) is 0 Å². The Labute approximate surface area is 98.9 Å². The normalized spacial score (nSPS) is 10.8. The molecule has 0 aliphatic rings. The molecule has 0 aliphatic heterocycles. The number of carbonyl (C=O) groups excluding carboxylic acids is 1. The van der Waals surface area contributed by atoms with Crippen molar-refractivity contribution in [1.82, 2.24) is 4.98 Å². The predicted molar refractivity (Wildman–Crippen MR) is 63.1 cm³/mol. The van der Waals surface area contributed by atoms with Gasteiger partial charge in [0.25, 0.3) is 5.89 Å². The number of aldehydes is 1. The molecule has 0 radical (unpaired) electrons. The molecule has 0 aliphatic carbocycles. The van der Waals surface area contributed by atoms with Gasteiger partial charge in [0.2, 0.25) is 6.29 Å². The summed E-state index contributed by atoms with van der Waals surface area (Å²) in [4.78, 5) is 14.8. The molecule has 0 unspecified atom stereocenters. The van der Waals surface area contributed by atoms with E-state index < -0.39 is 0 Å². The maximum Gasteiger partial charge on any atom is 0.260 e. The highest BCUT2D eigenvalue weighted by atomic mass is 16.4. The van der Waals surface area contributed by atoms with Crippen molar-refractivity contribution in [1.29, 1.82) is 0 Å². The van der Waals surface area contributed by atoms with Crippen LogP contribution in [0.5, 0.6) is 5.75 Å². The van der Waals surface area contributed by atoms with Crippen molar-refractivity contribution in [2.24, 2.45) is 0 Å². The third kappa shape index (κ3) is 2.20. The first kappa shape index (κ1) is 11.4. The lowest BCUT2D eigenvalue weighted by molar-refractivity contribution is 0.109. The zero-order valence-electron chi connectivity index (χ0n) is 9.68. The zero-order chi connectivity index (χ0) is 12.4. The molecule has 4 nitrogen and oxygen atoms in total. The number of hydrogen-bond acceptors (Lipinski definition) is 4. The summed E-state index contributed by atoms with van der Waals surface area (Å²) in [6.07, 6.45) is 0.582. The first-order chi connectivity index (χ1) is 8.11. The lowest BCUT2D eigenvalue weighted by atomic mass is 10.0. The minimum Gasteiger partial charge on any atom is -0.508 e. The SMILES string of the molecule is CC(C)c1oc(C=O)nc1-c1cccc(O)c1. The van der Waals surface area contributed by atoms with Crippen LogP contribution in [0.15, 0.2) is 28.7 Å². The van der Waals surface area contributed by atoms with E-state index in [1.807, 2.05) is 19.9 Å². The molecule has 0 spiro atoms. The standard InChI is InChI=1S/C13H13NO3/c1-8(2)13-12(14-11(7-15)17-13)9-4-3-5-10(16)6-9/h3-8,16H,1-2H3. The number of benzene rings is 1. The summed E-state index contributed by atoms with van der Waals surface area (Å²) < 4.78 is 5.36. The molecule has 0 atom stereocenters. The number of aromatic hydroxyl groups is 1. The molecule has 2 rings (SSSR count). The predicted octanol–water partition coefficient (Wildman–Crippen LogP) is 2.98. The lowest BCUT2D eigenvalue weighted by Gasteiger charge is -2.03. The van der Waals surface area contributed by atoms with E-state index in [9.17, 15) is 9.90 Å². The monoisotopic (exact) mass is 231 g/mol. The van der Waals surface area contributed by atoms with Gasteiger partial charge in [0.1, 0.15) is 17.2 Å². The van der Waals surface area contributed by atoms with Crippen molar-refractivity contribution >= 4 is 6.29 Å². The molecule has 0 bridgehead atoms. The third-order valence-corrected chi connectivity index (χ3v) is 2.41. The topological polar surface area (TPSA) is 63.3 Å². The summed E-state index contributed by atoms with van der Waals surface area (Å²) in [5.41, 5.74) is 1.35. The zero-order valence-corrected chi connectivity index (χ0v) is 9.68. The highest BCUT2D eigenvalue weighted by Gasteiger charge is 2.17. The molecule has 4 heteroatoms. The molecule has 0 fully saturated rings. The van der Waals surface area contributed by atoms with Crippen molar-refractivity contribution in [2.75, 3.05) is 0 Å². The van der Waals surface area contributed by atoms with Crippen LogP contribution >= 0.6 is 0 Å². The summed E-state index contributed by atoms with van der Waals surface area (Å²) in [7, 11) is 0. The van der Waals surface area contributed by atoms with Crippen LogP contribution < -0.4 is 0 Å². The molecule has 0 saturated carbocycles. The van der Waals surface area contributed by atoms with Gasteiger partial charge in [-0.3, -0.25) is 4.79 Å². The summed E-state index contributed by atoms with van der Waals surface area (Å²) in [6.45, 7) is 3.92. The second kappa shape index (κ2) is 4.41. The van der Waals surface area contributed by atoms with Crippen LogP contribution in [0, 0.1) is 0 Å². The Morgan fingerprint density at radius 2 is 2.18 bits per heavy atom. The summed E-state index contributed by atoms with van der Waals surface area (Å²) in [6, 6.07) is 6.72. The van der Waals surface area contributed by atoms with E-state index in [0.29, 0.717) is 17.7 Å². The number of nitrogens with zero attached hydrogens (tertiary/aromatic N) is 1. The average Bonchev–Trinajstić information content (AvgIpc) is 2.73. The van der Waals surface area contributed by atoms with Crippen LogP contribution in [0.25, 0.3) is 11.3 Å². The maximum atomic E-state index is 10.7. The Morgan fingerprint density at radius 1 is 1.41 bits per heavy atom. The maximum absolute atomic E-state index is 10.7. The van der Waals surface area contributed by atoms with Crippen molar-refractivity contribution in [3.63, 3.8) is 0 Å². The summed E-state index contributed by atoms with van der Waals surface area (Å²) >= 11 is 0. The van der Waals surface area contributed by atoms with E-state index in [2.05, 4.69) is 4.98 Å². The molecule has 1 aromatic heterocycles. The van der Waals surface area contributed by atoms with E-state index in [1.165, 1.54) is 0 Å². The van der Waals surface area contributed by atoms with Gasteiger partial charge >= 0.3 is 0 Å². The van der Waals surface area contributed by atoms with Gasteiger partial charge in [-0.2, -0.15) is 0 Å². The Kier molecular flexibility index (Phi) is 2.95. The Morgan fingerprint density at radius 3 is 2.76 bits per heavy atom. The van der Waals surface area contributed by atoms with Crippen LogP contribution in [-0.4, -0.2) is 16.4 Å². The van der Waals surface area contributed by atoms with E-state index in [1.54, 1.807) is 18.2 Å². The highest BCUT2D eigenvalue weighted by Crippen LogP contribution is 2.30. The number of carbonyl (C=O) groups is 1. The first-order valence-electron chi connectivity index (χ1n) is 5.37. The van der Waals surface area contributed by atoms with E-state index in [0.717, 1.165) is 5.56 Å². The van der Waals surface area contributed by atoms with Crippen LogP contribution in [-0.2, 0) is 0 Å². The van der Waals surface area contributed by atoms with Gasteiger partial charge in [0.15, 0.2) is 0 Å². The summed E-state index contributed by atoms with van der Waals surface area (Å²) in [5.74, 6) is 0.992. The van der Waals surface area contributed by atoms with E-state index in [4.69, 9.17) is 4.42 Å². The van der Waals surface area contributed by atoms with Gasteiger partial charge in [0.05, 0.1) is 0 Å². The fourth-order valence-electron chi connectivity index (χ4n) is 1.65. The average molecular weight is 231 g/mol.